The quantitative estimate of drug-likeness (QED) is 0.786. The van der Waals surface area contributed by atoms with Gasteiger partial charge in [-0.3, -0.25) is 9.78 Å². The number of thiazole rings is 1. The Balaban J connectivity index is 1.55. The van der Waals surface area contributed by atoms with Crippen molar-refractivity contribution >= 4 is 28.6 Å². The maximum Gasteiger partial charge on any atom is 0.261 e. The van der Waals surface area contributed by atoms with E-state index in [9.17, 15) is 4.79 Å². The molecule has 6 heteroatoms. The van der Waals surface area contributed by atoms with Crippen LogP contribution in [0.3, 0.4) is 0 Å². The zero-order valence-electron chi connectivity index (χ0n) is 11.2. The molecule has 0 atom stereocenters. The Kier molecular flexibility index (Phi) is 4.37. The van der Waals surface area contributed by atoms with Crippen LogP contribution in [0.1, 0.15) is 15.4 Å². The fraction of sp³-hybridized carbons (Fsp3) is 0.133. The largest absolute Gasteiger partial charge is 0.351 e. The number of rotatable bonds is 5. The van der Waals surface area contributed by atoms with Gasteiger partial charge in [0.15, 0.2) is 0 Å². The zero-order valence-corrected chi connectivity index (χ0v) is 12.8. The highest BCUT2D eigenvalue weighted by molar-refractivity contribution is 7.13. The van der Waals surface area contributed by atoms with Gasteiger partial charge < -0.3 is 5.32 Å². The van der Waals surface area contributed by atoms with E-state index in [1.54, 1.807) is 17.5 Å². The Morgan fingerprint density at radius 1 is 1.19 bits per heavy atom. The third-order valence-corrected chi connectivity index (χ3v) is 4.63. The van der Waals surface area contributed by atoms with E-state index in [4.69, 9.17) is 0 Å². The Morgan fingerprint density at radius 3 is 2.90 bits per heavy atom. The molecule has 0 aliphatic carbocycles. The number of carbonyl (C=O) groups excluding carboxylic acids is 1. The normalized spacial score (nSPS) is 10.5. The summed E-state index contributed by atoms with van der Waals surface area (Å²) in [6, 6.07) is 9.48. The Hall–Kier alpha value is -2.05. The second-order valence-electron chi connectivity index (χ2n) is 4.34. The number of thiophene rings is 1. The van der Waals surface area contributed by atoms with Gasteiger partial charge in [-0.25, -0.2) is 4.98 Å². The topological polar surface area (TPSA) is 54.9 Å². The Morgan fingerprint density at radius 2 is 2.14 bits per heavy atom. The molecule has 1 N–H and O–H groups in total. The lowest BCUT2D eigenvalue weighted by molar-refractivity contribution is 0.0958. The van der Waals surface area contributed by atoms with E-state index in [1.807, 2.05) is 41.1 Å². The summed E-state index contributed by atoms with van der Waals surface area (Å²) in [5.41, 5.74) is 1.86. The molecule has 0 spiro atoms. The first-order valence-electron chi connectivity index (χ1n) is 6.50. The third kappa shape index (κ3) is 3.53. The van der Waals surface area contributed by atoms with Crippen LogP contribution in [-0.4, -0.2) is 22.4 Å². The van der Waals surface area contributed by atoms with E-state index in [0.29, 0.717) is 6.54 Å². The molecule has 3 aromatic rings. The van der Waals surface area contributed by atoms with Crippen molar-refractivity contribution in [1.82, 2.24) is 15.3 Å². The van der Waals surface area contributed by atoms with Crippen molar-refractivity contribution in [3.05, 3.63) is 57.9 Å². The molecule has 106 valence electrons. The van der Waals surface area contributed by atoms with Crippen molar-refractivity contribution < 1.29 is 4.79 Å². The average Bonchev–Trinajstić information content (AvgIpc) is 3.20. The van der Waals surface area contributed by atoms with Crippen LogP contribution in [0.15, 0.2) is 47.3 Å². The van der Waals surface area contributed by atoms with Crippen LogP contribution in [0.4, 0.5) is 0 Å². The second-order valence-corrected chi connectivity index (χ2v) is 6.15. The molecule has 3 rings (SSSR count). The van der Waals surface area contributed by atoms with Crippen LogP contribution < -0.4 is 5.32 Å². The van der Waals surface area contributed by atoms with Crippen molar-refractivity contribution in [2.75, 3.05) is 6.54 Å². The molecule has 0 fully saturated rings. The molecule has 0 aliphatic heterocycles. The lowest BCUT2D eigenvalue weighted by Crippen LogP contribution is -2.24. The van der Waals surface area contributed by atoms with Gasteiger partial charge in [0.2, 0.25) is 0 Å². The number of nitrogens with zero attached hydrogens (tertiary/aromatic N) is 2. The minimum absolute atomic E-state index is 0.0230. The van der Waals surface area contributed by atoms with Gasteiger partial charge in [-0.1, -0.05) is 12.1 Å². The first-order chi connectivity index (χ1) is 10.3. The lowest BCUT2D eigenvalue weighted by atomic mass is 10.3. The van der Waals surface area contributed by atoms with E-state index >= 15 is 0 Å². The first kappa shape index (κ1) is 13.9. The molecule has 0 aromatic carbocycles. The van der Waals surface area contributed by atoms with Gasteiger partial charge in [0.05, 0.1) is 16.3 Å². The highest BCUT2D eigenvalue weighted by atomic mass is 32.1. The SMILES string of the molecule is O=C(NCCc1csc(-c2ccccn2)n1)c1cccs1. The van der Waals surface area contributed by atoms with Crippen molar-refractivity contribution in [1.29, 1.82) is 0 Å². The summed E-state index contributed by atoms with van der Waals surface area (Å²) in [5, 5.41) is 7.73. The number of hydrogen-bond acceptors (Lipinski definition) is 5. The summed E-state index contributed by atoms with van der Waals surface area (Å²) < 4.78 is 0. The van der Waals surface area contributed by atoms with E-state index in [0.717, 1.165) is 27.7 Å². The molecule has 0 saturated carbocycles. The highest BCUT2D eigenvalue weighted by Crippen LogP contribution is 2.21. The smallest absolute Gasteiger partial charge is 0.261 e. The molecule has 0 aliphatic rings. The van der Waals surface area contributed by atoms with E-state index in [-0.39, 0.29) is 5.91 Å². The minimum Gasteiger partial charge on any atom is -0.351 e. The predicted octanol–water partition coefficient (Wildman–Crippen LogP) is 3.24. The molecule has 21 heavy (non-hydrogen) atoms. The van der Waals surface area contributed by atoms with Gasteiger partial charge in [0, 0.05) is 24.5 Å². The van der Waals surface area contributed by atoms with Gasteiger partial charge in [-0.2, -0.15) is 0 Å². The molecule has 3 aromatic heterocycles. The van der Waals surface area contributed by atoms with E-state index in [1.165, 1.54) is 11.3 Å². The molecular weight excluding hydrogens is 302 g/mol. The summed E-state index contributed by atoms with van der Waals surface area (Å²) in [6.07, 6.45) is 2.48. The maximum atomic E-state index is 11.8. The Labute approximate surface area is 130 Å². The molecular formula is C15H13N3OS2. The summed E-state index contributed by atoms with van der Waals surface area (Å²) in [6.45, 7) is 0.585. The number of pyridine rings is 1. The summed E-state index contributed by atoms with van der Waals surface area (Å²) in [4.78, 5) is 21.4. The number of carbonyl (C=O) groups is 1. The van der Waals surface area contributed by atoms with Crippen LogP contribution in [-0.2, 0) is 6.42 Å². The molecule has 0 bridgehead atoms. The fourth-order valence-electron chi connectivity index (χ4n) is 1.83. The third-order valence-electron chi connectivity index (χ3n) is 2.85. The summed E-state index contributed by atoms with van der Waals surface area (Å²) in [7, 11) is 0. The molecule has 0 radical (unpaired) electrons. The molecule has 0 saturated heterocycles. The zero-order chi connectivity index (χ0) is 14.5. The summed E-state index contributed by atoms with van der Waals surface area (Å²) in [5.74, 6) is -0.0230. The molecule has 4 nitrogen and oxygen atoms in total. The second kappa shape index (κ2) is 6.60. The number of aromatic nitrogens is 2. The molecule has 1 amide bonds. The van der Waals surface area contributed by atoms with Crippen LogP contribution >= 0.6 is 22.7 Å². The first-order valence-corrected chi connectivity index (χ1v) is 8.26. The monoisotopic (exact) mass is 315 g/mol. The van der Waals surface area contributed by atoms with E-state index < -0.39 is 0 Å². The van der Waals surface area contributed by atoms with Gasteiger partial charge >= 0.3 is 0 Å². The van der Waals surface area contributed by atoms with Crippen molar-refractivity contribution in [3.63, 3.8) is 0 Å². The summed E-state index contributed by atoms with van der Waals surface area (Å²) >= 11 is 3.02. The number of amides is 1. The van der Waals surface area contributed by atoms with Crippen molar-refractivity contribution in [3.8, 4) is 10.7 Å². The van der Waals surface area contributed by atoms with Gasteiger partial charge in [0.1, 0.15) is 5.01 Å². The van der Waals surface area contributed by atoms with Gasteiger partial charge in [0.25, 0.3) is 5.91 Å². The van der Waals surface area contributed by atoms with Crippen LogP contribution in [0.2, 0.25) is 0 Å². The molecule has 0 unspecified atom stereocenters. The van der Waals surface area contributed by atoms with Crippen LogP contribution in [0.5, 0.6) is 0 Å². The van der Waals surface area contributed by atoms with E-state index in [2.05, 4.69) is 15.3 Å². The maximum absolute atomic E-state index is 11.8. The standard InChI is InChI=1S/C15H13N3OS2/c19-14(13-5-3-9-20-13)17-8-6-11-10-21-15(18-11)12-4-1-2-7-16-12/h1-5,7,9-10H,6,8H2,(H,17,19). The molecule has 3 heterocycles. The van der Waals surface area contributed by atoms with Gasteiger partial charge in [-0.15, -0.1) is 22.7 Å². The predicted molar refractivity (Wildman–Crippen MR) is 85.7 cm³/mol. The lowest BCUT2D eigenvalue weighted by Gasteiger charge is -2.01. The fourth-order valence-corrected chi connectivity index (χ4v) is 3.30. The van der Waals surface area contributed by atoms with Crippen LogP contribution in [0.25, 0.3) is 10.7 Å². The Bertz CT molecular complexity index is 708. The van der Waals surface area contributed by atoms with Crippen molar-refractivity contribution in [2.24, 2.45) is 0 Å². The number of hydrogen-bond donors (Lipinski definition) is 1. The average molecular weight is 315 g/mol. The highest BCUT2D eigenvalue weighted by Gasteiger charge is 2.08. The number of nitrogens with one attached hydrogen (secondary N) is 1. The van der Waals surface area contributed by atoms with Gasteiger partial charge in [-0.05, 0) is 23.6 Å². The minimum atomic E-state index is -0.0230. The van der Waals surface area contributed by atoms with Crippen LogP contribution in [0, 0.1) is 0 Å². The van der Waals surface area contributed by atoms with Crippen molar-refractivity contribution in [2.45, 2.75) is 6.42 Å².